The highest BCUT2D eigenvalue weighted by Gasteiger charge is 2.34. The maximum atomic E-state index is 13.9. The third-order valence-corrected chi connectivity index (χ3v) is 9.10. The maximum Gasteiger partial charge on any atom is 0.338 e. The molecule has 1 atom stereocenters. The Labute approximate surface area is 274 Å². The molecule has 1 aromatic heterocycles. The number of ether oxygens (including phenoxy) is 2. The number of halogens is 3. The molecule has 226 valence electrons. The van der Waals surface area contributed by atoms with Gasteiger partial charge < -0.3 is 9.47 Å². The lowest BCUT2D eigenvalue weighted by molar-refractivity contribution is -0.385. The Morgan fingerprint density at radius 3 is 2.61 bits per heavy atom. The van der Waals surface area contributed by atoms with Crippen LogP contribution in [-0.2, 0) is 16.1 Å². The predicted octanol–water partition coefficient (Wildman–Crippen LogP) is 6.66. The third-order valence-electron chi connectivity index (χ3n) is 6.91. The van der Waals surface area contributed by atoms with Crippen molar-refractivity contribution < 1.29 is 19.2 Å². The summed E-state index contributed by atoms with van der Waals surface area (Å²) in [5.74, 6) is -0.0686. The van der Waals surface area contributed by atoms with Crippen molar-refractivity contribution in [2.24, 2.45) is 4.99 Å². The molecule has 0 saturated heterocycles. The fourth-order valence-electron chi connectivity index (χ4n) is 4.77. The molecule has 9 nitrogen and oxygen atoms in total. The van der Waals surface area contributed by atoms with Crippen LogP contribution in [0.15, 0.2) is 80.1 Å². The average Bonchev–Trinajstić information content (AvgIpc) is 3.26. The minimum Gasteiger partial charge on any atom is -0.488 e. The molecule has 44 heavy (non-hydrogen) atoms. The number of benzene rings is 3. The minimum atomic E-state index is -0.964. The Hall–Kier alpha value is -3.77. The topological polar surface area (TPSA) is 113 Å². The van der Waals surface area contributed by atoms with Crippen LogP contribution in [0.4, 0.5) is 5.69 Å². The van der Waals surface area contributed by atoms with E-state index in [4.69, 9.17) is 32.7 Å². The van der Waals surface area contributed by atoms with Crippen molar-refractivity contribution in [2.45, 2.75) is 33.4 Å². The van der Waals surface area contributed by atoms with Crippen LogP contribution < -0.4 is 19.6 Å². The highest BCUT2D eigenvalue weighted by Crippen LogP contribution is 2.34. The first-order valence-corrected chi connectivity index (χ1v) is 15.7. The largest absolute Gasteiger partial charge is 0.488 e. The molecule has 1 aliphatic heterocycles. The summed E-state index contributed by atoms with van der Waals surface area (Å²) in [5, 5.41) is 12.8. The molecule has 0 aliphatic carbocycles. The standard InChI is InChI=1S/C31H24BrCl2N3O6S/c1-4-42-30(39)27-17(3)35-31-36(28(27)19-7-5-16(2)24(13-19)37(40)41)29(38)26(44-31)12-18-6-10-25(22(32)11-18)43-15-20-8-9-21(33)14-23(20)34/h5-14,28H,4,15H2,1-3H3/b26-12+/t28-/m1/s1. The number of allylic oxidation sites excluding steroid dienone is 1. The first-order valence-electron chi connectivity index (χ1n) is 13.3. The number of hydrogen-bond acceptors (Lipinski definition) is 8. The van der Waals surface area contributed by atoms with Gasteiger partial charge in [0, 0.05) is 27.2 Å². The molecule has 0 N–H and O–H groups in total. The smallest absolute Gasteiger partial charge is 0.338 e. The number of aryl methyl sites for hydroxylation is 1. The molecule has 3 aromatic carbocycles. The molecule has 0 amide bonds. The first-order chi connectivity index (χ1) is 21.0. The first kappa shape index (κ1) is 31.6. The molecule has 0 fully saturated rings. The molecule has 0 spiro atoms. The fourth-order valence-corrected chi connectivity index (χ4v) is 6.79. The fraction of sp³-hybridized carbons (Fsp3) is 0.194. The predicted molar refractivity (Wildman–Crippen MR) is 173 cm³/mol. The summed E-state index contributed by atoms with van der Waals surface area (Å²) in [6.07, 6.45) is 1.71. The van der Waals surface area contributed by atoms with Crippen LogP contribution in [0.1, 0.15) is 42.1 Å². The van der Waals surface area contributed by atoms with E-state index in [-0.39, 0.29) is 24.5 Å². The van der Waals surface area contributed by atoms with E-state index in [1.807, 2.05) is 6.07 Å². The number of nitro benzene ring substituents is 1. The van der Waals surface area contributed by atoms with Crippen molar-refractivity contribution in [3.63, 3.8) is 0 Å². The molecule has 0 bridgehead atoms. The second-order valence-electron chi connectivity index (χ2n) is 9.82. The van der Waals surface area contributed by atoms with Crippen LogP contribution in [0, 0.1) is 17.0 Å². The second kappa shape index (κ2) is 13.1. The van der Waals surface area contributed by atoms with Gasteiger partial charge in [-0.3, -0.25) is 19.5 Å². The summed E-state index contributed by atoms with van der Waals surface area (Å²) in [6.45, 7) is 5.30. The molecule has 5 rings (SSSR count). The zero-order valence-corrected chi connectivity index (χ0v) is 27.5. The summed E-state index contributed by atoms with van der Waals surface area (Å²) in [7, 11) is 0. The Balaban J connectivity index is 1.55. The van der Waals surface area contributed by atoms with Crippen LogP contribution in [0.2, 0.25) is 10.0 Å². The van der Waals surface area contributed by atoms with Crippen molar-refractivity contribution in [2.75, 3.05) is 6.61 Å². The lowest BCUT2D eigenvalue weighted by Crippen LogP contribution is -2.40. The number of nitrogens with zero attached hydrogens (tertiary/aromatic N) is 3. The minimum absolute atomic E-state index is 0.113. The van der Waals surface area contributed by atoms with Gasteiger partial charge in [0.25, 0.3) is 11.2 Å². The molecular weight excluding hydrogens is 693 g/mol. The van der Waals surface area contributed by atoms with Gasteiger partial charge in [0.2, 0.25) is 0 Å². The van der Waals surface area contributed by atoms with Crippen molar-refractivity contribution in [3.05, 3.63) is 132 Å². The molecule has 0 saturated carbocycles. The molecule has 4 aromatic rings. The van der Waals surface area contributed by atoms with Crippen LogP contribution in [0.5, 0.6) is 5.75 Å². The van der Waals surface area contributed by atoms with Crippen LogP contribution >= 0.6 is 50.5 Å². The van der Waals surface area contributed by atoms with Gasteiger partial charge in [-0.05, 0) is 78.2 Å². The quantitative estimate of drug-likeness (QED) is 0.115. The Morgan fingerprint density at radius 2 is 1.93 bits per heavy atom. The number of thiazole rings is 1. The van der Waals surface area contributed by atoms with E-state index in [1.165, 1.54) is 10.6 Å². The number of nitro groups is 1. The van der Waals surface area contributed by atoms with Crippen molar-refractivity contribution >= 4 is 68.2 Å². The van der Waals surface area contributed by atoms with E-state index < -0.39 is 22.5 Å². The van der Waals surface area contributed by atoms with Gasteiger partial charge in [0.05, 0.1) is 37.8 Å². The van der Waals surface area contributed by atoms with E-state index >= 15 is 0 Å². The number of aromatic nitrogens is 1. The summed E-state index contributed by atoms with van der Waals surface area (Å²) in [5.41, 5.74) is 2.35. The lowest BCUT2D eigenvalue weighted by atomic mass is 9.94. The number of carbonyl (C=O) groups is 1. The number of esters is 1. The van der Waals surface area contributed by atoms with E-state index in [1.54, 1.807) is 69.3 Å². The zero-order valence-electron chi connectivity index (χ0n) is 23.6. The van der Waals surface area contributed by atoms with E-state index in [0.717, 1.165) is 16.9 Å². The molecule has 0 radical (unpaired) electrons. The third kappa shape index (κ3) is 6.37. The number of rotatable bonds is 8. The highest BCUT2D eigenvalue weighted by atomic mass is 79.9. The normalized spacial score (nSPS) is 14.7. The number of fused-ring (bicyclic) bond motifs is 1. The molecular formula is C31H24BrCl2N3O6S. The maximum absolute atomic E-state index is 13.9. The van der Waals surface area contributed by atoms with Crippen molar-refractivity contribution in [1.82, 2.24) is 4.57 Å². The second-order valence-corrected chi connectivity index (χ2v) is 12.5. The monoisotopic (exact) mass is 715 g/mol. The summed E-state index contributed by atoms with van der Waals surface area (Å²) < 4.78 is 13.7. The zero-order chi connectivity index (χ0) is 31.7. The van der Waals surface area contributed by atoms with Crippen molar-refractivity contribution in [1.29, 1.82) is 0 Å². The van der Waals surface area contributed by atoms with Gasteiger partial charge in [0.1, 0.15) is 12.4 Å². The van der Waals surface area contributed by atoms with Crippen LogP contribution in [0.3, 0.4) is 0 Å². The summed E-state index contributed by atoms with van der Waals surface area (Å²) >= 11 is 16.9. The summed E-state index contributed by atoms with van der Waals surface area (Å²) in [4.78, 5) is 43.2. The highest BCUT2D eigenvalue weighted by molar-refractivity contribution is 9.10. The Morgan fingerprint density at radius 1 is 1.16 bits per heavy atom. The van der Waals surface area contributed by atoms with Crippen LogP contribution in [0.25, 0.3) is 6.08 Å². The Kier molecular flexibility index (Phi) is 9.40. The lowest BCUT2D eigenvalue weighted by Gasteiger charge is -2.24. The SMILES string of the molecule is CCOC(=O)C1=C(C)N=c2s/c(=C/c3ccc(OCc4ccc(Cl)cc4Cl)c(Br)c3)c(=O)n2[C@@H]1c1ccc(C)c([N+](=O)[O-])c1. The van der Waals surface area contributed by atoms with Gasteiger partial charge in [-0.1, -0.05) is 58.8 Å². The molecule has 13 heteroatoms. The van der Waals surface area contributed by atoms with E-state index in [9.17, 15) is 19.7 Å². The summed E-state index contributed by atoms with van der Waals surface area (Å²) in [6, 6.07) is 14.3. The average molecular weight is 717 g/mol. The van der Waals surface area contributed by atoms with Gasteiger partial charge in [0.15, 0.2) is 4.80 Å². The molecule has 1 aliphatic rings. The number of hydrogen-bond donors (Lipinski definition) is 0. The van der Waals surface area contributed by atoms with Gasteiger partial charge in [-0.2, -0.15) is 0 Å². The van der Waals surface area contributed by atoms with Gasteiger partial charge >= 0.3 is 5.97 Å². The van der Waals surface area contributed by atoms with Crippen molar-refractivity contribution in [3.8, 4) is 5.75 Å². The van der Waals surface area contributed by atoms with Gasteiger partial charge in [-0.25, -0.2) is 9.79 Å². The molecule has 2 heterocycles. The van der Waals surface area contributed by atoms with E-state index in [2.05, 4.69) is 20.9 Å². The Bertz CT molecular complexity index is 2040. The van der Waals surface area contributed by atoms with Gasteiger partial charge in [-0.15, -0.1) is 0 Å². The van der Waals surface area contributed by atoms with E-state index in [0.29, 0.717) is 52.0 Å². The molecule has 0 unspecified atom stereocenters. The van der Waals surface area contributed by atoms with Crippen LogP contribution in [-0.4, -0.2) is 22.1 Å². The number of carbonyl (C=O) groups excluding carboxylic acids is 1.